The van der Waals surface area contributed by atoms with E-state index in [2.05, 4.69) is 26.2 Å². The van der Waals surface area contributed by atoms with Gasteiger partial charge in [0.15, 0.2) is 4.67 Å². The first kappa shape index (κ1) is 10.5. The van der Waals surface area contributed by atoms with E-state index >= 15 is 0 Å². The first-order chi connectivity index (χ1) is 7.81. The fourth-order valence-corrected chi connectivity index (χ4v) is 2.61. The van der Waals surface area contributed by atoms with Gasteiger partial charge in [-0.15, -0.1) is 11.3 Å². The monoisotopic (exact) mass is 298 g/mol. The maximum atomic E-state index is 5.49. The van der Waals surface area contributed by atoms with Crippen molar-refractivity contribution >= 4 is 27.3 Å². The van der Waals surface area contributed by atoms with Crippen LogP contribution in [0.2, 0.25) is 0 Å². The third kappa shape index (κ3) is 2.36. The van der Waals surface area contributed by atoms with Crippen molar-refractivity contribution in [3.8, 4) is 10.6 Å². The van der Waals surface area contributed by atoms with E-state index in [4.69, 9.17) is 4.42 Å². The van der Waals surface area contributed by atoms with Crippen LogP contribution in [0.4, 0.5) is 0 Å². The highest BCUT2D eigenvalue weighted by atomic mass is 79.9. The average molecular weight is 299 g/mol. The van der Waals surface area contributed by atoms with Gasteiger partial charge in [0.1, 0.15) is 10.8 Å². The summed E-state index contributed by atoms with van der Waals surface area (Å²) in [6, 6.07) is 4.58. The molecule has 0 atom stereocenters. The van der Waals surface area contributed by atoms with Gasteiger partial charge < -0.3 is 9.73 Å². The molecule has 0 amide bonds. The number of halogens is 1. The lowest BCUT2D eigenvalue weighted by atomic mass is 10.4. The van der Waals surface area contributed by atoms with Crippen LogP contribution in [0.3, 0.4) is 0 Å². The molecule has 84 valence electrons. The highest BCUT2D eigenvalue weighted by Crippen LogP contribution is 2.30. The number of nitrogens with zero attached hydrogens (tertiary/aromatic N) is 1. The van der Waals surface area contributed by atoms with Gasteiger partial charge in [-0.3, -0.25) is 0 Å². The van der Waals surface area contributed by atoms with Crippen molar-refractivity contribution in [2.75, 3.05) is 0 Å². The molecule has 2 aromatic heterocycles. The lowest BCUT2D eigenvalue weighted by molar-refractivity contribution is 0.557. The number of hydrogen-bond donors (Lipinski definition) is 1. The summed E-state index contributed by atoms with van der Waals surface area (Å²) in [6.07, 6.45) is 4.49. The van der Waals surface area contributed by atoms with Gasteiger partial charge in [-0.1, -0.05) is 0 Å². The van der Waals surface area contributed by atoms with Gasteiger partial charge in [-0.25, -0.2) is 4.98 Å². The fourth-order valence-electron chi connectivity index (χ4n) is 1.47. The van der Waals surface area contributed by atoms with Crippen molar-refractivity contribution in [1.82, 2.24) is 10.3 Å². The number of aromatic nitrogens is 1. The first-order valence-corrected chi connectivity index (χ1v) is 6.86. The summed E-state index contributed by atoms with van der Waals surface area (Å²) in [7, 11) is 0. The van der Waals surface area contributed by atoms with Crippen molar-refractivity contribution in [2.24, 2.45) is 0 Å². The molecule has 5 heteroatoms. The molecule has 0 radical (unpaired) electrons. The van der Waals surface area contributed by atoms with E-state index < -0.39 is 0 Å². The second kappa shape index (κ2) is 4.31. The zero-order valence-corrected chi connectivity index (χ0v) is 11.0. The van der Waals surface area contributed by atoms with Gasteiger partial charge in [-0.2, -0.15) is 0 Å². The van der Waals surface area contributed by atoms with Gasteiger partial charge in [0, 0.05) is 18.8 Å². The molecule has 1 N–H and O–H groups in total. The largest absolute Gasteiger partial charge is 0.448 e. The first-order valence-electron chi connectivity index (χ1n) is 5.25. The Balaban J connectivity index is 1.71. The Morgan fingerprint density at radius 1 is 1.50 bits per heavy atom. The van der Waals surface area contributed by atoms with Gasteiger partial charge in [0.05, 0.1) is 4.88 Å². The zero-order chi connectivity index (χ0) is 11.0. The molecule has 1 aliphatic carbocycles. The molecule has 1 saturated carbocycles. The van der Waals surface area contributed by atoms with Crippen LogP contribution in [0.15, 0.2) is 27.4 Å². The lowest BCUT2D eigenvalue weighted by Gasteiger charge is -1.96. The molecule has 3 nitrogen and oxygen atoms in total. The number of furan rings is 1. The van der Waals surface area contributed by atoms with Crippen LogP contribution in [-0.4, -0.2) is 11.0 Å². The normalized spacial score (nSPS) is 15.6. The van der Waals surface area contributed by atoms with Crippen molar-refractivity contribution in [2.45, 2.75) is 25.4 Å². The highest BCUT2D eigenvalue weighted by Gasteiger charge is 2.20. The van der Waals surface area contributed by atoms with Crippen LogP contribution in [0.25, 0.3) is 10.6 Å². The molecule has 2 heterocycles. The smallest absolute Gasteiger partial charge is 0.169 e. The lowest BCUT2D eigenvalue weighted by Crippen LogP contribution is -2.14. The van der Waals surface area contributed by atoms with Gasteiger partial charge in [0.2, 0.25) is 0 Å². The predicted octanol–water partition coefficient (Wildman–Crippen LogP) is 3.42. The molecule has 0 saturated heterocycles. The Bertz CT molecular complexity index is 490. The van der Waals surface area contributed by atoms with E-state index in [-0.39, 0.29) is 0 Å². The minimum Gasteiger partial charge on any atom is -0.448 e. The van der Waals surface area contributed by atoms with Gasteiger partial charge in [-0.05, 0) is 40.9 Å². The minimum atomic E-state index is 0.727. The fraction of sp³-hybridized carbons (Fsp3) is 0.364. The van der Waals surface area contributed by atoms with Crippen LogP contribution in [-0.2, 0) is 6.54 Å². The van der Waals surface area contributed by atoms with E-state index in [1.54, 1.807) is 11.3 Å². The van der Waals surface area contributed by atoms with E-state index in [1.165, 1.54) is 12.8 Å². The minimum absolute atomic E-state index is 0.727. The molecule has 0 spiro atoms. The molecule has 0 bridgehead atoms. The molecule has 2 aromatic rings. The van der Waals surface area contributed by atoms with Crippen molar-refractivity contribution < 1.29 is 4.42 Å². The molecule has 1 aliphatic rings. The number of thiazole rings is 1. The van der Waals surface area contributed by atoms with Crippen LogP contribution in [0.1, 0.15) is 17.8 Å². The molecule has 3 rings (SSSR count). The Morgan fingerprint density at radius 3 is 3.06 bits per heavy atom. The van der Waals surface area contributed by atoms with Crippen molar-refractivity contribution in [3.05, 3.63) is 28.0 Å². The van der Waals surface area contributed by atoms with Crippen LogP contribution in [0, 0.1) is 0 Å². The van der Waals surface area contributed by atoms with Crippen molar-refractivity contribution in [3.63, 3.8) is 0 Å². The van der Waals surface area contributed by atoms with Crippen molar-refractivity contribution in [1.29, 1.82) is 0 Å². The predicted molar refractivity (Wildman–Crippen MR) is 67.4 cm³/mol. The van der Waals surface area contributed by atoms with Gasteiger partial charge >= 0.3 is 0 Å². The van der Waals surface area contributed by atoms with E-state index in [9.17, 15) is 0 Å². The molecule has 0 aliphatic heterocycles. The summed E-state index contributed by atoms with van der Waals surface area (Å²) in [5.74, 6) is 0.877. The summed E-state index contributed by atoms with van der Waals surface area (Å²) in [5.41, 5.74) is 0. The maximum absolute atomic E-state index is 5.49. The number of hydrogen-bond acceptors (Lipinski definition) is 4. The van der Waals surface area contributed by atoms with E-state index in [0.29, 0.717) is 0 Å². The third-order valence-electron chi connectivity index (χ3n) is 2.49. The van der Waals surface area contributed by atoms with E-state index in [1.807, 2.05) is 18.3 Å². The molecule has 0 unspecified atom stereocenters. The zero-order valence-electron chi connectivity index (χ0n) is 8.57. The molecule has 16 heavy (non-hydrogen) atoms. The second-order valence-electron chi connectivity index (χ2n) is 3.88. The summed E-state index contributed by atoms with van der Waals surface area (Å²) in [6.45, 7) is 0.872. The number of rotatable bonds is 4. The summed E-state index contributed by atoms with van der Waals surface area (Å²) in [5, 5.41) is 4.57. The highest BCUT2D eigenvalue weighted by molar-refractivity contribution is 9.10. The Kier molecular flexibility index (Phi) is 2.83. The summed E-state index contributed by atoms with van der Waals surface area (Å²) in [4.78, 5) is 5.46. The Hall–Kier alpha value is -0.650. The maximum Gasteiger partial charge on any atom is 0.169 e. The van der Waals surface area contributed by atoms with Crippen LogP contribution < -0.4 is 5.32 Å². The van der Waals surface area contributed by atoms with Crippen LogP contribution >= 0.6 is 27.3 Å². The van der Waals surface area contributed by atoms with Crippen LogP contribution in [0.5, 0.6) is 0 Å². The average Bonchev–Trinajstić information content (AvgIpc) is 2.81. The quantitative estimate of drug-likeness (QED) is 0.940. The molecular weight excluding hydrogens is 288 g/mol. The third-order valence-corrected chi connectivity index (χ3v) is 3.93. The standard InChI is InChI=1S/C11H11BrN2OS/c12-10-4-3-8(15-10)9-5-14-11(16-9)6-13-7-1-2-7/h3-5,7,13H,1-2,6H2. The van der Waals surface area contributed by atoms with E-state index in [0.717, 1.165) is 32.9 Å². The molecule has 1 fully saturated rings. The number of nitrogens with one attached hydrogen (secondary N) is 1. The molecule has 0 aromatic carbocycles. The molecular formula is C11H11BrN2OS. The Labute approximate surface area is 106 Å². The summed E-state index contributed by atoms with van der Waals surface area (Å²) < 4.78 is 6.25. The van der Waals surface area contributed by atoms with Gasteiger partial charge in [0.25, 0.3) is 0 Å². The second-order valence-corrected chi connectivity index (χ2v) is 5.77. The Morgan fingerprint density at radius 2 is 2.38 bits per heavy atom. The summed E-state index contributed by atoms with van der Waals surface area (Å²) >= 11 is 4.98. The topological polar surface area (TPSA) is 38.1 Å². The SMILES string of the molecule is Brc1ccc(-c2cnc(CNC3CC3)s2)o1.